The summed E-state index contributed by atoms with van der Waals surface area (Å²) in [6.45, 7) is 1.82. The maximum Gasteiger partial charge on any atom is 0.269 e. The number of allylic oxidation sites excluding steroid dienone is 2. The van der Waals surface area contributed by atoms with Crippen LogP contribution in [0.1, 0.15) is 41.9 Å². The van der Waals surface area contributed by atoms with Gasteiger partial charge in [-0.1, -0.05) is 6.07 Å². The maximum absolute atomic E-state index is 13.7. The minimum Gasteiger partial charge on any atom is -0.507 e. The summed E-state index contributed by atoms with van der Waals surface area (Å²) in [4.78, 5) is 26.3. The van der Waals surface area contributed by atoms with Crippen LogP contribution in [0.3, 0.4) is 0 Å². The quantitative estimate of drug-likeness (QED) is 0.217. The zero-order valence-electron chi connectivity index (χ0n) is 22.5. The van der Waals surface area contributed by atoms with Crippen molar-refractivity contribution in [2.24, 2.45) is 0 Å². The van der Waals surface area contributed by atoms with Crippen molar-refractivity contribution in [3.05, 3.63) is 104 Å². The third-order valence-electron chi connectivity index (χ3n) is 7.74. The highest BCUT2D eigenvalue weighted by molar-refractivity contribution is 6.20. The molecule has 6 rings (SSSR count). The van der Waals surface area contributed by atoms with E-state index in [0.717, 1.165) is 0 Å². The minimum absolute atomic E-state index is 0.0219. The number of hydrogen-bond donors (Lipinski definition) is 2. The Labute approximate surface area is 235 Å². The molecule has 0 saturated heterocycles. The predicted molar refractivity (Wildman–Crippen MR) is 152 cm³/mol. The molecule has 0 saturated carbocycles. The van der Waals surface area contributed by atoms with E-state index in [4.69, 9.17) is 14.2 Å². The van der Waals surface area contributed by atoms with E-state index in [-0.39, 0.29) is 35.4 Å². The topological polar surface area (TPSA) is 135 Å². The predicted octanol–water partition coefficient (Wildman–Crippen LogP) is 6.20. The number of aliphatic hydroxyl groups excluding tert-OH is 1. The van der Waals surface area contributed by atoms with Crippen LogP contribution in [0.15, 0.2) is 77.5 Å². The maximum atomic E-state index is 13.7. The molecule has 2 heterocycles. The lowest BCUT2D eigenvalue weighted by Crippen LogP contribution is -2.42. The number of amidine groups is 1. The molecule has 0 spiro atoms. The van der Waals surface area contributed by atoms with E-state index >= 15 is 0 Å². The van der Waals surface area contributed by atoms with Crippen molar-refractivity contribution in [2.45, 2.75) is 32.1 Å². The average molecular weight is 554 g/mol. The van der Waals surface area contributed by atoms with Crippen LogP contribution in [-0.4, -0.2) is 35.6 Å². The number of nitrogens with zero attached hydrogens (tertiary/aromatic N) is 2. The number of ether oxygens (including phenoxy) is 3. The molecule has 1 unspecified atom stereocenters. The van der Waals surface area contributed by atoms with Gasteiger partial charge in [-0.3, -0.25) is 25.2 Å². The first-order chi connectivity index (χ1) is 19.8. The fourth-order valence-corrected chi connectivity index (χ4v) is 5.79. The summed E-state index contributed by atoms with van der Waals surface area (Å²) in [7, 11) is 1.55. The van der Waals surface area contributed by atoms with E-state index in [2.05, 4.69) is 0 Å². The van der Waals surface area contributed by atoms with Crippen LogP contribution in [0.25, 0.3) is 5.76 Å². The number of non-ortho nitro benzene ring substituents is 1. The summed E-state index contributed by atoms with van der Waals surface area (Å²) < 4.78 is 16.4. The van der Waals surface area contributed by atoms with E-state index in [9.17, 15) is 25.4 Å². The standard InChI is InChI=1S/C31H27N3O7/c1-17-14-20(34(37)38)9-12-22(17)33-23-4-3-5-24(35)28(23)27(19-8-13-25-26(15-19)41-16-40-25)29(31(33)32)30(36)18-6-10-21(39-2)11-7-18/h6-15,27,32,36H,3-5,16H2,1-2H3/b30-29+,32-31?. The number of anilines is 1. The summed E-state index contributed by atoms with van der Waals surface area (Å²) in [6, 6.07) is 16.6. The number of hydrogen-bond acceptors (Lipinski definition) is 8. The molecule has 3 aromatic rings. The second kappa shape index (κ2) is 10.1. The number of nitro benzene ring substituents is 1. The molecule has 0 radical (unpaired) electrons. The number of carbonyl (C=O) groups is 1. The van der Waals surface area contributed by atoms with Crippen LogP contribution >= 0.6 is 0 Å². The molecule has 41 heavy (non-hydrogen) atoms. The Morgan fingerprint density at radius 1 is 1.07 bits per heavy atom. The summed E-state index contributed by atoms with van der Waals surface area (Å²) in [5, 5.41) is 32.8. The van der Waals surface area contributed by atoms with Crippen LogP contribution in [0.4, 0.5) is 11.4 Å². The summed E-state index contributed by atoms with van der Waals surface area (Å²) in [5.41, 5.74) is 3.53. The molecule has 0 bridgehead atoms. The Kier molecular flexibility index (Phi) is 6.45. The molecule has 10 nitrogen and oxygen atoms in total. The molecule has 208 valence electrons. The molecule has 0 fully saturated rings. The molecule has 1 atom stereocenters. The van der Waals surface area contributed by atoms with Gasteiger partial charge in [0.1, 0.15) is 17.3 Å². The Morgan fingerprint density at radius 2 is 1.83 bits per heavy atom. The van der Waals surface area contributed by atoms with Gasteiger partial charge in [0.05, 0.1) is 17.7 Å². The fourth-order valence-electron chi connectivity index (χ4n) is 5.79. The van der Waals surface area contributed by atoms with Crippen LogP contribution in [0.2, 0.25) is 0 Å². The number of nitrogens with one attached hydrogen (secondary N) is 1. The highest BCUT2D eigenvalue weighted by Gasteiger charge is 2.44. The average Bonchev–Trinajstić information content (AvgIpc) is 3.45. The number of aliphatic hydroxyl groups is 1. The van der Waals surface area contributed by atoms with Gasteiger partial charge in [-0.15, -0.1) is 0 Å². The third-order valence-corrected chi connectivity index (χ3v) is 7.74. The van der Waals surface area contributed by atoms with Crippen LogP contribution < -0.4 is 19.1 Å². The Morgan fingerprint density at radius 3 is 2.54 bits per heavy atom. The molecule has 0 amide bonds. The molecular formula is C31H27N3O7. The number of ketones is 1. The molecule has 0 aromatic heterocycles. The van der Waals surface area contributed by atoms with Crippen molar-refractivity contribution < 1.29 is 29.0 Å². The van der Waals surface area contributed by atoms with Gasteiger partial charge in [0.15, 0.2) is 17.3 Å². The normalized spacial score (nSPS) is 19.3. The van der Waals surface area contributed by atoms with Gasteiger partial charge in [0, 0.05) is 46.9 Å². The van der Waals surface area contributed by atoms with Gasteiger partial charge in [-0.25, -0.2) is 0 Å². The van der Waals surface area contributed by atoms with E-state index in [1.54, 1.807) is 61.4 Å². The number of nitro groups is 1. The highest BCUT2D eigenvalue weighted by Crippen LogP contribution is 2.50. The lowest BCUT2D eigenvalue weighted by atomic mass is 9.73. The first-order valence-electron chi connectivity index (χ1n) is 13.2. The van der Waals surface area contributed by atoms with Gasteiger partial charge in [-0.2, -0.15) is 0 Å². The van der Waals surface area contributed by atoms with Gasteiger partial charge < -0.3 is 19.3 Å². The molecule has 1 aliphatic carbocycles. The summed E-state index contributed by atoms with van der Waals surface area (Å²) in [5.74, 6) is 0.699. The van der Waals surface area contributed by atoms with Crippen molar-refractivity contribution in [1.82, 2.24) is 0 Å². The van der Waals surface area contributed by atoms with Crippen LogP contribution in [0, 0.1) is 22.4 Å². The van der Waals surface area contributed by atoms with Crippen LogP contribution in [-0.2, 0) is 4.79 Å². The number of methoxy groups -OCH3 is 1. The number of rotatable bonds is 5. The van der Waals surface area contributed by atoms with Gasteiger partial charge in [0.2, 0.25) is 6.79 Å². The number of Topliss-reactive ketones (excluding diaryl/α,β-unsaturated/α-hetero) is 1. The fraction of sp³-hybridized carbons (Fsp3) is 0.226. The van der Waals surface area contributed by atoms with Crippen molar-refractivity contribution in [3.63, 3.8) is 0 Å². The molecule has 3 aliphatic rings. The second-order valence-corrected chi connectivity index (χ2v) is 10.1. The Bertz CT molecular complexity index is 1670. The minimum atomic E-state index is -0.753. The molecule has 10 heteroatoms. The largest absolute Gasteiger partial charge is 0.507 e. The van der Waals surface area contributed by atoms with E-state index in [1.807, 2.05) is 6.07 Å². The zero-order chi connectivity index (χ0) is 28.8. The van der Waals surface area contributed by atoms with E-state index < -0.39 is 10.8 Å². The smallest absolute Gasteiger partial charge is 0.269 e. The lowest BCUT2D eigenvalue weighted by Gasteiger charge is -2.42. The van der Waals surface area contributed by atoms with E-state index in [1.165, 1.54) is 12.1 Å². The number of carbonyl (C=O) groups excluding carboxylic acids is 1. The Hall–Kier alpha value is -5.12. The SMILES string of the molecule is COc1ccc(/C(O)=C2\C(=N)N(c3ccc([N+](=O)[O-])cc3C)C3=C(C(=O)CCC3)C2c2ccc3c(c2)OCO3)cc1. The van der Waals surface area contributed by atoms with Gasteiger partial charge >= 0.3 is 0 Å². The van der Waals surface area contributed by atoms with Crippen molar-refractivity contribution in [2.75, 3.05) is 18.8 Å². The van der Waals surface area contributed by atoms with Crippen molar-refractivity contribution >= 4 is 28.8 Å². The third kappa shape index (κ3) is 4.37. The first kappa shape index (κ1) is 26.1. The van der Waals surface area contributed by atoms with Gasteiger partial charge in [-0.05, 0) is 73.4 Å². The van der Waals surface area contributed by atoms with Crippen LogP contribution in [0.5, 0.6) is 17.2 Å². The second-order valence-electron chi connectivity index (χ2n) is 10.1. The number of fused-ring (bicyclic) bond motifs is 1. The van der Waals surface area contributed by atoms with Crippen molar-refractivity contribution in [3.8, 4) is 17.2 Å². The number of benzene rings is 3. The highest BCUT2D eigenvalue weighted by atomic mass is 16.7. The lowest BCUT2D eigenvalue weighted by molar-refractivity contribution is -0.384. The Balaban J connectivity index is 1.63. The monoisotopic (exact) mass is 553 g/mol. The zero-order valence-corrected chi connectivity index (χ0v) is 22.5. The molecule has 2 N–H and O–H groups in total. The molecular weight excluding hydrogens is 526 g/mol. The van der Waals surface area contributed by atoms with Crippen molar-refractivity contribution in [1.29, 1.82) is 5.41 Å². The molecule has 2 aliphatic heterocycles. The molecule has 3 aromatic carbocycles. The summed E-state index contributed by atoms with van der Waals surface area (Å²) in [6.07, 6.45) is 1.46. The van der Waals surface area contributed by atoms with Gasteiger partial charge in [0.25, 0.3) is 5.69 Å². The summed E-state index contributed by atoms with van der Waals surface area (Å²) >= 11 is 0. The van der Waals surface area contributed by atoms with E-state index in [0.29, 0.717) is 70.2 Å². The number of aryl methyl sites for hydroxylation is 1. The first-order valence-corrected chi connectivity index (χ1v) is 13.2.